The highest BCUT2D eigenvalue weighted by Crippen LogP contribution is 2.19. The van der Waals surface area contributed by atoms with Gasteiger partial charge in [0.2, 0.25) is 5.95 Å². The fourth-order valence-corrected chi connectivity index (χ4v) is 4.59. The number of nitrogens with zero attached hydrogens (tertiary/aromatic N) is 4. The Hall–Kier alpha value is -2.72. The second-order valence-corrected chi connectivity index (χ2v) is 8.74. The lowest BCUT2D eigenvalue weighted by atomic mass is 10.1. The number of amides is 2. The van der Waals surface area contributed by atoms with E-state index in [1.54, 1.807) is 6.07 Å². The van der Waals surface area contributed by atoms with Crippen molar-refractivity contribution in [1.29, 1.82) is 0 Å². The van der Waals surface area contributed by atoms with Crippen molar-refractivity contribution in [2.45, 2.75) is 25.4 Å². The van der Waals surface area contributed by atoms with Crippen molar-refractivity contribution >= 4 is 40.4 Å². The summed E-state index contributed by atoms with van der Waals surface area (Å²) in [7, 11) is 1.91. The summed E-state index contributed by atoms with van der Waals surface area (Å²) in [5.74, 6) is 1.39. The smallest absolute Gasteiger partial charge is 0.261 e. The number of nitrogens with one attached hydrogen (secondary N) is 2. The Kier molecular flexibility index (Phi) is 5.91. The molecule has 0 atom stereocenters. The molecular formula is C19H22N6O2S2. The van der Waals surface area contributed by atoms with Crippen molar-refractivity contribution in [3.05, 3.63) is 50.6 Å². The molecule has 0 aliphatic carbocycles. The Labute approximate surface area is 176 Å². The average molecular weight is 431 g/mol. The fraction of sp³-hybridized carbons (Fsp3) is 0.368. The van der Waals surface area contributed by atoms with Crippen LogP contribution in [-0.4, -0.2) is 45.7 Å². The number of rotatable bonds is 6. The van der Waals surface area contributed by atoms with Crippen molar-refractivity contribution in [1.82, 2.24) is 25.4 Å². The molecule has 4 rings (SSSR count). The van der Waals surface area contributed by atoms with E-state index in [4.69, 9.17) is 0 Å². The summed E-state index contributed by atoms with van der Waals surface area (Å²) in [6.07, 6.45) is 1.71. The second kappa shape index (κ2) is 8.75. The third kappa shape index (κ3) is 4.48. The molecule has 0 bridgehead atoms. The number of anilines is 1. The lowest BCUT2D eigenvalue weighted by Crippen LogP contribution is -2.45. The summed E-state index contributed by atoms with van der Waals surface area (Å²) in [5.41, 5.74) is 0. The molecule has 10 heteroatoms. The molecule has 8 nitrogen and oxygen atoms in total. The van der Waals surface area contributed by atoms with E-state index in [0.29, 0.717) is 17.2 Å². The van der Waals surface area contributed by atoms with Crippen molar-refractivity contribution < 1.29 is 9.59 Å². The number of carbonyl (C=O) groups excluding carboxylic acids is 2. The van der Waals surface area contributed by atoms with Crippen molar-refractivity contribution in [2.24, 2.45) is 7.05 Å². The van der Waals surface area contributed by atoms with Gasteiger partial charge in [-0.15, -0.1) is 32.9 Å². The third-order valence-corrected chi connectivity index (χ3v) is 6.69. The lowest BCUT2D eigenvalue weighted by molar-refractivity contribution is 0.0931. The van der Waals surface area contributed by atoms with Crippen LogP contribution in [0.4, 0.5) is 5.95 Å². The third-order valence-electron chi connectivity index (χ3n) is 4.95. The van der Waals surface area contributed by atoms with Gasteiger partial charge in [-0.3, -0.25) is 14.2 Å². The Morgan fingerprint density at radius 3 is 2.34 bits per heavy atom. The number of carbonyl (C=O) groups is 2. The van der Waals surface area contributed by atoms with Crippen LogP contribution in [0.1, 0.15) is 38.0 Å². The van der Waals surface area contributed by atoms with E-state index in [1.807, 2.05) is 40.6 Å². The highest BCUT2D eigenvalue weighted by molar-refractivity contribution is 7.12. The highest BCUT2D eigenvalue weighted by atomic mass is 32.1. The largest absolute Gasteiger partial charge is 0.348 e. The molecule has 1 saturated heterocycles. The fourth-order valence-electron chi connectivity index (χ4n) is 3.32. The van der Waals surface area contributed by atoms with Crippen LogP contribution in [0.25, 0.3) is 0 Å². The zero-order chi connectivity index (χ0) is 20.2. The number of aromatic nitrogens is 3. The molecule has 0 aromatic carbocycles. The second-order valence-electron chi connectivity index (χ2n) is 6.85. The summed E-state index contributed by atoms with van der Waals surface area (Å²) in [5, 5.41) is 18.3. The van der Waals surface area contributed by atoms with Crippen LogP contribution in [-0.2, 0) is 13.6 Å². The lowest BCUT2D eigenvalue weighted by Gasteiger charge is -2.32. The normalized spacial score (nSPS) is 14.7. The number of piperidine rings is 1. The van der Waals surface area contributed by atoms with Crippen molar-refractivity contribution in [3.8, 4) is 0 Å². The zero-order valence-electron chi connectivity index (χ0n) is 16.0. The van der Waals surface area contributed by atoms with Gasteiger partial charge in [-0.2, -0.15) is 0 Å². The van der Waals surface area contributed by atoms with Gasteiger partial charge in [-0.25, -0.2) is 0 Å². The molecule has 1 aliphatic heterocycles. The summed E-state index contributed by atoms with van der Waals surface area (Å²) in [6, 6.07) is 7.54. The van der Waals surface area contributed by atoms with E-state index in [-0.39, 0.29) is 17.9 Å². The van der Waals surface area contributed by atoms with Crippen molar-refractivity contribution in [2.75, 3.05) is 18.0 Å². The van der Waals surface area contributed by atoms with E-state index in [9.17, 15) is 9.59 Å². The van der Waals surface area contributed by atoms with Gasteiger partial charge in [0.05, 0.1) is 16.3 Å². The molecule has 152 valence electrons. The van der Waals surface area contributed by atoms with Crippen LogP contribution in [0, 0.1) is 0 Å². The van der Waals surface area contributed by atoms with E-state index in [0.717, 1.165) is 36.8 Å². The quantitative estimate of drug-likeness (QED) is 0.626. The van der Waals surface area contributed by atoms with E-state index >= 15 is 0 Å². The van der Waals surface area contributed by atoms with E-state index < -0.39 is 0 Å². The number of thiophene rings is 2. The minimum Gasteiger partial charge on any atom is -0.348 e. The predicted molar refractivity (Wildman–Crippen MR) is 114 cm³/mol. The Morgan fingerprint density at radius 1 is 1.07 bits per heavy atom. The summed E-state index contributed by atoms with van der Waals surface area (Å²) in [4.78, 5) is 27.9. The molecule has 3 aromatic rings. The molecule has 0 unspecified atom stereocenters. The molecule has 1 fully saturated rings. The molecule has 0 saturated carbocycles. The van der Waals surface area contributed by atoms with Crippen LogP contribution in [0.3, 0.4) is 0 Å². The molecule has 0 radical (unpaired) electrons. The highest BCUT2D eigenvalue weighted by Gasteiger charge is 2.24. The SMILES string of the molecule is Cn1c(CNC(=O)c2cccs2)nnc1N1CCC(NC(=O)c2cccs2)CC1. The molecule has 4 heterocycles. The van der Waals surface area contributed by atoms with Crippen molar-refractivity contribution in [3.63, 3.8) is 0 Å². The summed E-state index contributed by atoms with van der Waals surface area (Å²) in [6.45, 7) is 1.92. The van der Waals surface area contributed by atoms with Gasteiger partial charge < -0.3 is 15.5 Å². The molecule has 2 amide bonds. The zero-order valence-corrected chi connectivity index (χ0v) is 17.6. The Morgan fingerprint density at radius 2 is 1.72 bits per heavy atom. The number of hydrogen-bond donors (Lipinski definition) is 2. The van der Waals surface area contributed by atoms with Gasteiger partial charge >= 0.3 is 0 Å². The maximum atomic E-state index is 12.2. The van der Waals surface area contributed by atoms with Crippen LogP contribution < -0.4 is 15.5 Å². The molecule has 2 N–H and O–H groups in total. The van der Waals surface area contributed by atoms with Gasteiger partial charge in [0.1, 0.15) is 0 Å². The Balaban J connectivity index is 1.30. The van der Waals surface area contributed by atoms with Crippen LogP contribution in [0.15, 0.2) is 35.0 Å². The predicted octanol–water partition coefficient (Wildman–Crippen LogP) is 2.27. The first-order chi connectivity index (χ1) is 14.1. The number of hydrogen-bond acceptors (Lipinski definition) is 7. The summed E-state index contributed by atoms with van der Waals surface area (Å²) < 4.78 is 1.92. The average Bonchev–Trinajstić information content (AvgIpc) is 3.49. The van der Waals surface area contributed by atoms with Gasteiger partial charge in [0, 0.05) is 26.2 Å². The maximum Gasteiger partial charge on any atom is 0.261 e. The van der Waals surface area contributed by atoms with E-state index in [1.165, 1.54) is 22.7 Å². The molecular weight excluding hydrogens is 408 g/mol. The standard InChI is InChI=1S/C19H22N6O2S2/c1-24-16(12-20-17(26)14-4-2-10-28-14)22-23-19(24)25-8-6-13(7-9-25)21-18(27)15-5-3-11-29-15/h2-5,10-11,13H,6-9,12H2,1H3,(H,20,26)(H,21,27). The molecule has 3 aromatic heterocycles. The minimum atomic E-state index is -0.105. The first-order valence-electron chi connectivity index (χ1n) is 9.41. The molecule has 29 heavy (non-hydrogen) atoms. The molecule has 1 aliphatic rings. The first kappa shape index (κ1) is 19.6. The van der Waals surface area contributed by atoms with Gasteiger partial charge in [0.15, 0.2) is 5.82 Å². The summed E-state index contributed by atoms with van der Waals surface area (Å²) >= 11 is 2.86. The van der Waals surface area contributed by atoms with Gasteiger partial charge in [-0.1, -0.05) is 12.1 Å². The van der Waals surface area contributed by atoms with Gasteiger partial charge in [-0.05, 0) is 35.7 Å². The topological polar surface area (TPSA) is 92.2 Å². The minimum absolute atomic E-state index is 0.000812. The van der Waals surface area contributed by atoms with Crippen LogP contribution >= 0.6 is 22.7 Å². The Bertz CT molecular complexity index is 959. The maximum absolute atomic E-state index is 12.2. The monoisotopic (exact) mass is 430 g/mol. The van der Waals surface area contributed by atoms with Crippen LogP contribution in [0.5, 0.6) is 0 Å². The van der Waals surface area contributed by atoms with E-state index in [2.05, 4.69) is 25.7 Å². The first-order valence-corrected chi connectivity index (χ1v) is 11.2. The van der Waals surface area contributed by atoms with Gasteiger partial charge in [0.25, 0.3) is 11.8 Å². The molecule has 0 spiro atoms. The van der Waals surface area contributed by atoms with Crippen LogP contribution in [0.2, 0.25) is 0 Å².